The molecule has 1 N–H and O–H groups in total. The Kier molecular flexibility index (Phi) is 4.51. The van der Waals surface area contributed by atoms with Gasteiger partial charge in [0.05, 0.1) is 21.3 Å². The number of halogens is 1. The lowest BCUT2D eigenvalue weighted by Gasteiger charge is -2.19. The molecule has 3 aromatic rings. The van der Waals surface area contributed by atoms with Crippen molar-refractivity contribution in [1.29, 1.82) is 0 Å². The number of anilines is 2. The first-order valence-corrected chi connectivity index (χ1v) is 10.5. The zero-order valence-electron chi connectivity index (χ0n) is 14.2. The van der Waals surface area contributed by atoms with Crippen molar-refractivity contribution in [2.24, 2.45) is 0 Å². The average Bonchev–Trinajstić information content (AvgIpc) is 3.15. The van der Waals surface area contributed by atoms with Crippen LogP contribution in [-0.2, 0) is 10.0 Å². The summed E-state index contributed by atoms with van der Waals surface area (Å²) in [6, 6.07) is 18.1. The van der Waals surface area contributed by atoms with E-state index in [0.29, 0.717) is 10.7 Å². The molecule has 0 aliphatic carbocycles. The topological polar surface area (TPSA) is 49.4 Å². The molecule has 0 saturated carbocycles. The lowest BCUT2D eigenvalue weighted by molar-refractivity contribution is 0.601. The molecule has 6 heteroatoms. The van der Waals surface area contributed by atoms with Crippen LogP contribution in [0.4, 0.5) is 11.4 Å². The number of nitrogens with zero attached hydrogens (tertiary/aromatic N) is 1. The minimum Gasteiger partial charge on any atom is -0.370 e. The van der Waals surface area contributed by atoms with E-state index in [9.17, 15) is 8.42 Å². The Morgan fingerprint density at radius 2 is 1.62 bits per heavy atom. The fourth-order valence-electron chi connectivity index (χ4n) is 3.33. The van der Waals surface area contributed by atoms with Gasteiger partial charge in [-0.05, 0) is 53.9 Å². The zero-order valence-corrected chi connectivity index (χ0v) is 15.7. The molecule has 0 unspecified atom stereocenters. The van der Waals surface area contributed by atoms with E-state index in [4.69, 9.17) is 11.6 Å². The maximum atomic E-state index is 12.7. The van der Waals surface area contributed by atoms with Gasteiger partial charge in [0.2, 0.25) is 0 Å². The maximum absolute atomic E-state index is 12.7. The molecule has 1 fully saturated rings. The highest BCUT2D eigenvalue weighted by atomic mass is 35.5. The number of benzene rings is 3. The summed E-state index contributed by atoms with van der Waals surface area (Å²) in [4.78, 5) is 2.46. The number of nitrogens with one attached hydrogen (secondary N) is 1. The predicted octanol–water partition coefficient (Wildman–Crippen LogP) is 4.89. The van der Waals surface area contributed by atoms with Gasteiger partial charge >= 0.3 is 0 Å². The van der Waals surface area contributed by atoms with Crippen molar-refractivity contribution in [3.05, 3.63) is 65.7 Å². The first kappa shape index (κ1) is 17.2. The van der Waals surface area contributed by atoms with Crippen LogP contribution in [0.25, 0.3) is 10.8 Å². The molecule has 0 amide bonds. The van der Waals surface area contributed by atoms with Crippen molar-refractivity contribution in [2.45, 2.75) is 17.7 Å². The second-order valence-electron chi connectivity index (χ2n) is 6.47. The highest BCUT2D eigenvalue weighted by Gasteiger charge is 2.18. The van der Waals surface area contributed by atoms with Crippen molar-refractivity contribution in [1.82, 2.24) is 0 Å². The number of hydrogen-bond donors (Lipinski definition) is 1. The lowest BCUT2D eigenvalue weighted by Crippen LogP contribution is -2.18. The lowest BCUT2D eigenvalue weighted by atomic mass is 10.1. The Morgan fingerprint density at radius 1 is 0.885 bits per heavy atom. The third kappa shape index (κ3) is 3.37. The Balaban J connectivity index is 1.61. The zero-order chi connectivity index (χ0) is 18.1. The van der Waals surface area contributed by atoms with Crippen LogP contribution >= 0.6 is 11.6 Å². The van der Waals surface area contributed by atoms with E-state index >= 15 is 0 Å². The standard InChI is InChI=1S/C20H19ClN2O2S/c21-19-14-17(8-10-20(19)23-11-3-4-12-23)22-26(24,25)18-9-7-15-5-1-2-6-16(15)13-18/h1-2,5-10,13-14,22H,3-4,11-12H2. The van der Waals surface area contributed by atoms with Gasteiger partial charge in [0.15, 0.2) is 0 Å². The van der Waals surface area contributed by atoms with Crippen LogP contribution in [0, 0.1) is 0 Å². The summed E-state index contributed by atoms with van der Waals surface area (Å²) in [5.74, 6) is 0. The third-order valence-corrected chi connectivity index (χ3v) is 6.36. The largest absolute Gasteiger partial charge is 0.370 e. The molecule has 0 aromatic heterocycles. The summed E-state index contributed by atoms with van der Waals surface area (Å²) >= 11 is 6.39. The van der Waals surface area contributed by atoms with Crippen LogP contribution in [0.5, 0.6) is 0 Å². The van der Waals surface area contributed by atoms with Crippen LogP contribution in [0.2, 0.25) is 5.02 Å². The third-order valence-electron chi connectivity index (χ3n) is 4.68. The van der Waals surface area contributed by atoms with Gasteiger partial charge in [-0.1, -0.05) is 41.9 Å². The van der Waals surface area contributed by atoms with Crippen molar-refractivity contribution in [3.8, 4) is 0 Å². The molecule has 3 aromatic carbocycles. The first-order chi connectivity index (χ1) is 12.5. The molecule has 4 rings (SSSR count). The molecule has 4 nitrogen and oxygen atoms in total. The van der Waals surface area contributed by atoms with Gasteiger partial charge in [0.25, 0.3) is 10.0 Å². The molecule has 26 heavy (non-hydrogen) atoms. The maximum Gasteiger partial charge on any atom is 0.261 e. The van der Waals surface area contributed by atoms with Crippen molar-refractivity contribution < 1.29 is 8.42 Å². The Morgan fingerprint density at radius 3 is 2.35 bits per heavy atom. The molecule has 1 heterocycles. The first-order valence-electron chi connectivity index (χ1n) is 8.59. The molecular formula is C20H19ClN2O2S. The van der Waals surface area contributed by atoms with Crippen LogP contribution in [0.15, 0.2) is 65.6 Å². The quantitative estimate of drug-likeness (QED) is 0.694. The molecule has 0 radical (unpaired) electrons. The van der Waals surface area contributed by atoms with Gasteiger partial charge in [-0.25, -0.2) is 8.42 Å². The van der Waals surface area contributed by atoms with Crippen LogP contribution < -0.4 is 9.62 Å². The number of rotatable bonds is 4. The monoisotopic (exact) mass is 386 g/mol. The summed E-state index contributed by atoms with van der Waals surface area (Å²) in [7, 11) is -3.68. The van der Waals surface area contributed by atoms with E-state index < -0.39 is 10.0 Å². The number of fused-ring (bicyclic) bond motifs is 1. The average molecular weight is 387 g/mol. The van der Waals surface area contributed by atoms with E-state index in [1.807, 2.05) is 36.4 Å². The molecule has 0 bridgehead atoms. The highest BCUT2D eigenvalue weighted by molar-refractivity contribution is 7.92. The van der Waals surface area contributed by atoms with Gasteiger partial charge in [-0.3, -0.25) is 4.72 Å². The summed E-state index contributed by atoms with van der Waals surface area (Å²) < 4.78 is 28.1. The van der Waals surface area contributed by atoms with Crippen LogP contribution in [0.3, 0.4) is 0 Å². The van der Waals surface area contributed by atoms with Gasteiger partial charge in [0.1, 0.15) is 0 Å². The normalized spacial score (nSPS) is 14.7. The van der Waals surface area contributed by atoms with Crippen molar-refractivity contribution >= 4 is 43.8 Å². The van der Waals surface area contributed by atoms with E-state index in [-0.39, 0.29) is 4.90 Å². The molecule has 0 atom stereocenters. The van der Waals surface area contributed by atoms with E-state index in [1.165, 1.54) is 0 Å². The minimum atomic E-state index is -3.68. The molecule has 1 aliphatic heterocycles. The smallest absolute Gasteiger partial charge is 0.261 e. The van der Waals surface area contributed by atoms with Crippen molar-refractivity contribution in [3.63, 3.8) is 0 Å². The van der Waals surface area contributed by atoms with Gasteiger partial charge < -0.3 is 4.90 Å². The fourth-order valence-corrected chi connectivity index (χ4v) is 4.72. The molecule has 0 spiro atoms. The number of sulfonamides is 1. The second-order valence-corrected chi connectivity index (χ2v) is 8.56. The van der Waals surface area contributed by atoms with E-state index in [2.05, 4.69) is 9.62 Å². The van der Waals surface area contributed by atoms with Gasteiger partial charge in [-0.2, -0.15) is 0 Å². The molecular weight excluding hydrogens is 368 g/mol. The fraction of sp³-hybridized carbons (Fsp3) is 0.200. The Bertz CT molecular complexity index is 1060. The summed E-state index contributed by atoms with van der Waals surface area (Å²) in [5, 5.41) is 2.45. The van der Waals surface area contributed by atoms with Gasteiger partial charge in [-0.15, -0.1) is 0 Å². The minimum absolute atomic E-state index is 0.232. The predicted molar refractivity (Wildman–Crippen MR) is 108 cm³/mol. The van der Waals surface area contributed by atoms with Gasteiger partial charge in [0, 0.05) is 13.1 Å². The molecule has 1 aliphatic rings. The van der Waals surface area contributed by atoms with E-state index in [1.54, 1.807) is 24.3 Å². The van der Waals surface area contributed by atoms with Crippen LogP contribution in [0.1, 0.15) is 12.8 Å². The second kappa shape index (κ2) is 6.82. The molecule has 1 saturated heterocycles. The Labute approximate surface area is 158 Å². The SMILES string of the molecule is O=S(=O)(Nc1ccc(N2CCCC2)c(Cl)c1)c1ccc2ccccc2c1. The van der Waals surface area contributed by atoms with E-state index in [0.717, 1.165) is 42.4 Å². The highest BCUT2D eigenvalue weighted by Crippen LogP contribution is 2.32. The summed E-state index contributed by atoms with van der Waals surface area (Å²) in [5.41, 5.74) is 1.42. The summed E-state index contributed by atoms with van der Waals surface area (Å²) in [6.45, 7) is 1.98. The van der Waals surface area contributed by atoms with Crippen molar-refractivity contribution in [2.75, 3.05) is 22.7 Å². The van der Waals surface area contributed by atoms with Crippen LogP contribution in [-0.4, -0.2) is 21.5 Å². The summed E-state index contributed by atoms with van der Waals surface area (Å²) in [6.07, 6.45) is 2.32. The Hall–Kier alpha value is -2.24. The number of hydrogen-bond acceptors (Lipinski definition) is 3. The molecule has 134 valence electrons.